The maximum Gasteiger partial charge on any atom is 0.260 e. The Labute approximate surface area is 144 Å². The second-order valence-electron chi connectivity index (χ2n) is 6.41. The second-order valence-corrected chi connectivity index (χ2v) is 8.25. The monoisotopic (exact) mass is 354 g/mol. The molecule has 1 atom stereocenters. The van der Waals surface area contributed by atoms with Crippen molar-refractivity contribution in [1.82, 2.24) is 9.62 Å². The Hall–Kier alpha value is -1.60. The summed E-state index contributed by atoms with van der Waals surface area (Å²) in [6.45, 7) is 4.80. The standard InChI is InChI=1S/C17H26N2O4S/c1-13-7-8-14(2)16(10-13)23-12-17(20)19-9-5-4-6-15(19)11-18-24(3,21)22/h7-8,10,15,18H,4-6,9,11-12H2,1-3H3. The van der Waals surface area contributed by atoms with Crippen molar-refractivity contribution < 1.29 is 17.9 Å². The van der Waals surface area contributed by atoms with Gasteiger partial charge in [-0.25, -0.2) is 13.1 Å². The zero-order chi connectivity index (χ0) is 17.7. The lowest BCUT2D eigenvalue weighted by Gasteiger charge is -2.35. The highest BCUT2D eigenvalue weighted by atomic mass is 32.2. The van der Waals surface area contributed by atoms with Gasteiger partial charge in [-0.15, -0.1) is 0 Å². The number of ether oxygens (including phenoxy) is 1. The van der Waals surface area contributed by atoms with Crippen molar-refractivity contribution >= 4 is 15.9 Å². The molecule has 0 bridgehead atoms. The molecule has 0 radical (unpaired) electrons. The van der Waals surface area contributed by atoms with Gasteiger partial charge >= 0.3 is 0 Å². The molecule has 1 fully saturated rings. The molecule has 1 amide bonds. The zero-order valence-corrected chi connectivity index (χ0v) is 15.4. The topological polar surface area (TPSA) is 75.7 Å². The number of likely N-dealkylation sites (tertiary alicyclic amines) is 1. The molecule has 1 aromatic carbocycles. The molecule has 1 N–H and O–H groups in total. The Morgan fingerprint density at radius 3 is 2.79 bits per heavy atom. The van der Waals surface area contributed by atoms with Crippen molar-refractivity contribution in [3.05, 3.63) is 29.3 Å². The number of amides is 1. The van der Waals surface area contributed by atoms with Gasteiger partial charge in [0.1, 0.15) is 5.75 Å². The van der Waals surface area contributed by atoms with E-state index in [1.54, 1.807) is 4.90 Å². The third-order valence-electron chi connectivity index (χ3n) is 4.22. The van der Waals surface area contributed by atoms with Crippen LogP contribution in [0.2, 0.25) is 0 Å². The van der Waals surface area contributed by atoms with Crippen LogP contribution in [0.15, 0.2) is 18.2 Å². The largest absolute Gasteiger partial charge is 0.483 e. The van der Waals surface area contributed by atoms with Gasteiger partial charge < -0.3 is 9.64 Å². The summed E-state index contributed by atoms with van der Waals surface area (Å²) in [4.78, 5) is 14.3. The van der Waals surface area contributed by atoms with Gasteiger partial charge in [0.2, 0.25) is 10.0 Å². The predicted octanol–water partition coefficient (Wildman–Crippen LogP) is 1.61. The van der Waals surface area contributed by atoms with Crippen LogP contribution in [-0.4, -0.2) is 51.2 Å². The molecule has 0 aromatic heterocycles. The van der Waals surface area contributed by atoms with Crippen LogP contribution in [0.25, 0.3) is 0 Å². The van der Waals surface area contributed by atoms with E-state index in [0.717, 1.165) is 36.6 Å². The van der Waals surface area contributed by atoms with E-state index in [4.69, 9.17) is 4.74 Å². The average molecular weight is 354 g/mol. The Kier molecular flexibility index (Phi) is 6.23. The summed E-state index contributed by atoms with van der Waals surface area (Å²) in [5.74, 6) is 0.613. The van der Waals surface area contributed by atoms with E-state index in [1.165, 1.54) is 0 Å². The van der Waals surface area contributed by atoms with Crippen molar-refractivity contribution in [2.45, 2.75) is 39.2 Å². The van der Waals surface area contributed by atoms with Gasteiger partial charge in [-0.1, -0.05) is 12.1 Å². The number of carbonyl (C=O) groups is 1. The molecule has 1 aromatic rings. The van der Waals surface area contributed by atoms with Crippen LogP contribution in [0.1, 0.15) is 30.4 Å². The number of hydrogen-bond acceptors (Lipinski definition) is 4. The number of nitrogens with zero attached hydrogens (tertiary/aromatic N) is 1. The highest BCUT2D eigenvalue weighted by Crippen LogP contribution is 2.20. The number of aryl methyl sites for hydroxylation is 2. The molecule has 7 heteroatoms. The fourth-order valence-electron chi connectivity index (χ4n) is 2.87. The molecule has 24 heavy (non-hydrogen) atoms. The number of hydrogen-bond donors (Lipinski definition) is 1. The fraction of sp³-hybridized carbons (Fsp3) is 0.588. The third-order valence-corrected chi connectivity index (χ3v) is 4.91. The molecule has 0 aliphatic carbocycles. The molecule has 2 rings (SSSR count). The number of piperidine rings is 1. The maximum atomic E-state index is 12.5. The molecular formula is C17H26N2O4S. The van der Waals surface area contributed by atoms with Crippen molar-refractivity contribution in [2.75, 3.05) is 26.0 Å². The second kappa shape index (κ2) is 7.98. The van der Waals surface area contributed by atoms with E-state index in [2.05, 4.69) is 4.72 Å². The minimum Gasteiger partial charge on any atom is -0.483 e. The number of sulfonamides is 1. The van der Waals surface area contributed by atoms with Crippen molar-refractivity contribution in [3.63, 3.8) is 0 Å². The zero-order valence-electron chi connectivity index (χ0n) is 14.5. The summed E-state index contributed by atoms with van der Waals surface area (Å²) in [6.07, 6.45) is 3.87. The first-order valence-corrected chi connectivity index (χ1v) is 10.1. The summed E-state index contributed by atoms with van der Waals surface area (Å²) in [6, 6.07) is 5.78. The van der Waals surface area contributed by atoms with E-state index in [0.29, 0.717) is 12.3 Å². The van der Waals surface area contributed by atoms with E-state index in [9.17, 15) is 13.2 Å². The highest BCUT2D eigenvalue weighted by molar-refractivity contribution is 7.88. The molecule has 6 nitrogen and oxygen atoms in total. The van der Waals surface area contributed by atoms with Crippen LogP contribution in [-0.2, 0) is 14.8 Å². The first-order chi connectivity index (χ1) is 11.3. The number of carbonyl (C=O) groups excluding carboxylic acids is 1. The maximum absolute atomic E-state index is 12.5. The molecule has 1 unspecified atom stereocenters. The third kappa shape index (κ3) is 5.49. The Morgan fingerprint density at radius 1 is 1.33 bits per heavy atom. The fourth-order valence-corrected chi connectivity index (χ4v) is 3.37. The Balaban J connectivity index is 1.96. The lowest BCUT2D eigenvalue weighted by Crippen LogP contribution is -2.50. The van der Waals surface area contributed by atoms with E-state index in [-0.39, 0.29) is 25.1 Å². The van der Waals surface area contributed by atoms with Crippen molar-refractivity contribution in [2.24, 2.45) is 0 Å². The molecular weight excluding hydrogens is 328 g/mol. The Bertz CT molecular complexity index is 688. The molecule has 1 heterocycles. The van der Waals surface area contributed by atoms with Crippen molar-refractivity contribution in [1.29, 1.82) is 0 Å². The van der Waals surface area contributed by atoms with Crippen LogP contribution in [0, 0.1) is 13.8 Å². The van der Waals surface area contributed by atoms with Gasteiger partial charge in [0.15, 0.2) is 6.61 Å². The predicted molar refractivity (Wildman–Crippen MR) is 93.6 cm³/mol. The van der Waals surface area contributed by atoms with Gasteiger partial charge in [0, 0.05) is 19.1 Å². The lowest BCUT2D eigenvalue weighted by molar-refractivity contribution is -0.136. The Morgan fingerprint density at radius 2 is 2.08 bits per heavy atom. The SMILES string of the molecule is Cc1ccc(C)c(OCC(=O)N2CCCCC2CNS(C)(=O)=O)c1. The smallest absolute Gasteiger partial charge is 0.260 e. The van der Waals surface area contributed by atoms with E-state index < -0.39 is 10.0 Å². The van der Waals surface area contributed by atoms with Crippen molar-refractivity contribution in [3.8, 4) is 5.75 Å². The summed E-state index contributed by atoms with van der Waals surface area (Å²) >= 11 is 0. The summed E-state index contributed by atoms with van der Waals surface area (Å²) in [5.41, 5.74) is 2.07. The molecule has 1 aliphatic rings. The number of nitrogens with one attached hydrogen (secondary N) is 1. The van der Waals surface area contributed by atoms with Crippen LogP contribution in [0.5, 0.6) is 5.75 Å². The van der Waals surface area contributed by atoms with Gasteiger partial charge in [0.05, 0.1) is 6.26 Å². The van der Waals surface area contributed by atoms with Crippen LogP contribution < -0.4 is 9.46 Å². The van der Waals surface area contributed by atoms with Gasteiger partial charge in [-0.05, 0) is 50.3 Å². The molecule has 1 saturated heterocycles. The van der Waals surface area contributed by atoms with Gasteiger partial charge in [0.25, 0.3) is 5.91 Å². The number of benzene rings is 1. The highest BCUT2D eigenvalue weighted by Gasteiger charge is 2.27. The molecule has 134 valence electrons. The van der Waals surface area contributed by atoms with Crippen LogP contribution in [0.4, 0.5) is 0 Å². The summed E-state index contributed by atoms with van der Waals surface area (Å²) < 4.78 is 30.8. The normalized spacial score (nSPS) is 18.5. The molecule has 0 saturated carbocycles. The quantitative estimate of drug-likeness (QED) is 0.842. The minimum absolute atomic E-state index is 0.0281. The van der Waals surface area contributed by atoms with Crippen LogP contribution in [0.3, 0.4) is 0 Å². The van der Waals surface area contributed by atoms with E-state index in [1.807, 2.05) is 32.0 Å². The first kappa shape index (κ1) is 18.7. The van der Waals surface area contributed by atoms with Gasteiger partial charge in [-0.3, -0.25) is 4.79 Å². The average Bonchev–Trinajstić information content (AvgIpc) is 2.53. The first-order valence-electron chi connectivity index (χ1n) is 8.20. The lowest BCUT2D eigenvalue weighted by atomic mass is 10.0. The van der Waals surface area contributed by atoms with Crippen LogP contribution >= 0.6 is 0 Å². The summed E-state index contributed by atoms with van der Waals surface area (Å²) in [5, 5.41) is 0. The summed E-state index contributed by atoms with van der Waals surface area (Å²) in [7, 11) is -3.26. The molecule has 0 spiro atoms. The van der Waals surface area contributed by atoms with Gasteiger partial charge in [-0.2, -0.15) is 0 Å². The molecule has 1 aliphatic heterocycles. The van der Waals surface area contributed by atoms with E-state index >= 15 is 0 Å². The number of rotatable bonds is 6. The minimum atomic E-state index is -3.26.